The van der Waals surface area contributed by atoms with Crippen molar-refractivity contribution in [2.75, 3.05) is 41.2 Å². The Morgan fingerprint density at radius 2 is 1.37 bits per heavy atom. The number of ether oxygens (including phenoxy) is 4. The van der Waals surface area contributed by atoms with Crippen molar-refractivity contribution in [1.82, 2.24) is 16.3 Å². The molecule has 0 unspecified atom stereocenters. The van der Waals surface area contributed by atoms with Crippen LogP contribution in [0, 0.1) is 0 Å². The molecule has 4 atom stereocenters. The molecule has 0 radical (unpaired) electrons. The van der Waals surface area contributed by atoms with Gasteiger partial charge in [0.15, 0.2) is 23.0 Å². The molecule has 4 amide bonds. The quantitative estimate of drug-likeness (QED) is 0.0647. The van der Waals surface area contributed by atoms with E-state index in [-0.39, 0.29) is 37.1 Å². The number of para-hydroxylation sites is 2. The molecule has 0 aliphatic carbocycles. The largest absolute Gasteiger partial charge is 0.493 e. The van der Waals surface area contributed by atoms with Crippen LogP contribution in [0.5, 0.6) is 23.0 Å². The lowest BCUT2D eigenvalue weighted by Gasteiger charge is -2.22. The smallest absolute Gasteiger partial charge is 0.261 e. The van der Waals surface area contributed by atoms with Crippen molar-refractivity contribution in [3.63, 3.8) is 0 Å². The molecule has 17 heteroatoms. The Hall–Kier alpha value is -7.47. The first-order valence-corrected chi connectivity index (χ1v) is 21.3. The first-order valence-electron chi connectivity index (χ1n) is 21.3. The van der Waals surface area contributed by atoms with E-state index in [1.807, 2.05) is 53.4 Å². The second-order valence-corrected chi connectivity index (χ2v) is 16.3. The van der Waals surface area contributed by atoms with Gasteiger partial charge in [0.05, 0.1) is 54.8 Å². The highest BCUT2D eigenvalue weighted by Crippen LogP contribution is 2.43. The molecule has 0 spiro atoms. The molecular formula is C48H49N9O8. The van der Waals surface area contributed by atoms with Gasteiger partial charge in [-0.05, 0) is 85.0 Å². The molecule has 65 heavy (non-hydrogen) atoms. The van der Waals surface area contributed by atoms with Crippen molar-refractivity contribution in [2.24, 2.45) is 10.8 Å². The molecule has 334 valence electrons. The predicted octanol–water partition coefficient (Wildman–Crippen LogP) is 4.95. The number of nitrogens with one attached hydrogen (secondary N) is 5. The number of nitrogens with zero attached hydrogens (tertiary/aromatic N) is 3. The van der Waals surface area contributed by atoms with Gasteiger partial charge >= 0.3 is 0 Å². The van der Waals surface area contributed by atoms with E-state index in [0.29, 0.717) is 75.3 Å². The van der Waals surface area contributed by atoms with E-state index in [2.05, 4.69) is 33.0 Å². The van der Waals surface area contributed by atoms with Gasteiger partial charge in [0, 0.05) is 48.4 Å². The third-order valence-corrected chi connectivity index (χ3v) is 12.0. The third-order valence-electron chi connectivity index (χ3n) is 12.0. The van der Waals surface area contributed by atoms with E-state index in [9.17, 15) is 19.2 Å². The monoisotopic (exact) mass is 879 g/mol. The molecule has 4 aliphatic heterocycles. The van der Waals surface area contributed by atoms with Gasteiger partial charge in [0.1, 0.15) is 19.3 Å². The summed E-state index contributed by atoms with van der Waals surface area (Å²) in [5.41, 5.74) is 12.5. The Bertz CT molecular complexity index is 2740. The molecule has 5 aromatic carbocycles. The molecule has 17 nitrogen and oxygen atoms in total. The van der Waals surface area contributed by atoms with Gasteiger partial charge in [0.2, 0.25) is 11.8 Å². The van der Waals surface area contributed by atoms with Gasteiger partial charge in [-0.2, -0.15) is 5.53 Å². The summed E-state index contributed by atoms with van der Waals surface area (Å²) in [6.45, 7) is 3.76. The number of carbonyl (C=O) groups excluding carboxylic acids is 4. The van der Waals surface area contributed by atoms with Crippen LogP contribution in [-0.2, 0) is 35.6 Å². The van der Waals surface area contributed by atoms with Gasteiger partial charge in [-0.15, -0.1) is 0 Å². The Morgan fingerprint density at radius 3 is 2.05 bits per heavy atom. The van der Waals surface area contributed by atoms with E-state index in [0.717, 1.165) is 28.9 Å². The first-order chi connectivity index (χ1) is 31.5. The van der Waals surface area contributed by atoms with Crippen molar-refractivity contribution in [2.45, 2.75) is 64.1 Å². The fourth-order valence-corrected chi connectivity index (χ4v) is 8.77. The van der Waals surface area contributed by atoms with Gasteiger partial charge in [-0.25, -0.2) is 5.43 Å². The average molecular weight is 880 g/mol. The number of hydrogen-bond donors (Lipinski definition) is 6. The molecule has 5 aromatic rings. The second-order valence-electron chi connectivity index (χ2n) is 16.3. The van der Waals surface area contributed by atoms with E-state index >= 15 is 0 Å². The molecule has 0 aromatic heterocycles. The number of aliphatic imine (C=N–C) groups is 1. The number of nitrogens with two attached hydrogens (primary N) is 1. The average Bonchev–Trinajstić information content (AvgIpc) is 3.80. The minimum atomic E-state index is -0.913. The van der Waals surface area contributed by atoms with E-state index < -0.39 is 23.9 Å². The van der Waals surface area contributed by atoms with Crippen molar-refractivity contribution in [3.05, 3.63) is 124 Å². The summed E-state index contributed by atoms with van der Waals surface area (Å²) >= 11 is 0. The minimum Gasteiger partial charge on any atom is -0.493 e. The summed E-state index contributed by atoms with van der Waals surface area (Å²) in [5.74, 6) is 5.56. The van der Waals surface area contributed by atoms with Crippen LogP contribution in [0.2, 0.25) is 0 Å². The van der Waals surface area contributed by atoms with E-state index in [1.165, 1.54) is 14.2 Å². The normalized spacial score (nSPS) is 17.4. The summed E-state index contributed by atoms with van der Waals surface area (Å²) in [4.78, 5) is 62.5. The molecule has 9 rings (SSSR count). The van der Waals surface area contributed by atoms with Crippen LogP contribution in [0.15, 0.2) is 96.0 Å². The zero-order valence-electron chi connectivity index (χ0n) is 36.3. The summed E-state index contributed by atoms with van der Waals surface area (Å²) < 4.78 is 24.3. The standard InChI is InChI=1S/C48H49N9O8/c1-26(52-46(59)27(2)54-55-49)45(58)53-32-14-28(24-64-43-20-37-35(18-41(43)62-3)47(60)56-33(22-50-37)16-30-9-5-7-11-39(30)56)13-29(15-32)25-65-44-21-38-36(19-42(44)63-4)48(61)57-34(23-51-38)17-31-10-6-8-12-40(31)57/h5-15,18-22,26-27,33-34,51,54-55H,16-17,23-25,49H2,1-4H3,(H,52,59)(H,53,58)/t26-,27-,33-,34-/m0/s1. The summed E-state index contributed by atoms with van der Waals surface area (Å²) in [5, 5.41) is 9.05. The summed E-state index contributed by atoms with van der Waals surface area (Å²) in [7, 11) is 3.03. The number of rotatable bonds is 14. The van der Waals surface area contributed by atoms with Crippen molar-refractivity contribution in [3.8, 4) is 23.0 Å². The Morgan fingerprint density at radius 1 is 0.754 bits per heavy atom. The fourth-order valence-electron chi connectivity index (χ4n) is 8.77. The number of benzene rings is 5. The van der Waals surface area contributed by atoms with Crippen molar-refractivity contribution < 1.29 is 38.1 Å². The molecule has 4 aliphatic rings. The maximum Gasteiger partial charge on any atom is 0.261 e. The SMILES string of the molecule is COc1cc2c(cc1OCc1cc(COc3cc4c(cc3OC)C(=O)N3c5ccccc5C[C@H]3CN4)cc(NC(=O)[C@H](C)NC(=O)[C@H](C)NNN)c1)N=C[C@@H]1Cc3ccccc3N1C2=O. The molecule has 7 N–H and O–H groups in total. The fraction of sp³-hybridized carbons (Fsp3) is 0.271. The first kappa shape index (κ1) is 42.8. The number of fused-ring (bicyclic) bond motifs is 8. The van der Waals surface area contributed by atoms with Crippen LogP contribution in [0.1, 0.15) is 56.8 Å². The van der Waals surface area contributed by atoms with Crippen LogP contribution < -0.4 is 61.5 Å². The number of amides is 4. The maximum absolute atomic E-state index is 14.0. The predicted molar refractivity (Wildman–Crippen MR) is 245 cm³/mol. The summed E-state index contributed by atoms with van der Waals surface area (Å²) in [6.07, 6.45) is 3.21. The van der Waals surface area contributed by atoms with Gasteiger partial charge in [-0.1, -0.05) is 36.4 Å². The highest BCUT2D eigenvalue weighted by molar-refractivity contribution is 6.15. The maximum atomic E-state index is 14.0. The molecule has 0 saturated heterocycles. The highest BCUT2D eigenvalue weighted by Gasteiger charge is 2.39. The number of anilines is 4. The number of hydrazine groups is 2. The second kappa shape index (κ2) is 18.0. The van der Waals surface area contributed by atoms with Crippen molar-refractivity contribution in [1.29, 1.82) is 0 Å². The lowest BCUT2D eigenvalue weighted by Crippen LogP contribution is -2.54. The number of methoxy groups -OCH3 is 2. The van der Waals surface area contributed by atoms with Crippen LogP contribution in [0.4, 0.5) is 28.4 Å². The Labute approximate surface area is 375 Å². The van der Waals surface area contributed by atoms with Gasteiger partial charge < -0.3 is 39.8 Å². The molecule has 0 saturated carbocycles. The van der Waals surface area contributed by atoms with Gasteiger partial charge in [-0.3, -0.25) is 34.9 Å². The zero-order valence-corrected chi connectivity index (χ0v) is 36.3. The van der Waals surface area contributed by atoms with Crippen LogP contribution in [-0.4, -0.2) is 74.8 Å². The molecule has 0 fully saturated rings. The highest BCUT2D eigenvalue weighted by atomic mass is 16.5. The summed E-state index contributed by atoms with van der Waals surface area (Å²) in [6, 6.07) is 26.1. The Balaban J connectivity index is 0.974. The Kier molecular flexibility index (Phi) is 11.8. The molecule has 4 heterocycles. The van der Waals surface area contributed by atoms with Crippen LogP contribution >= 0.6 is 0 Å². The third kappa shape index (κ3) is 8.39. The van der Waals surface area contributed by atoms with Crippen LogP contribution in [0.25, 0.3) is 0 Å². The molecule has 0 bridgehead atoms. The minimum absolute atomic E-state index is 0.0161. The van der Waals surface area contributed by atoms with Crippen molar-refractivity contribution >= 4 is 58.3 Å². The zero-order chi connectivity index (χ0) is 45.4. The van der Waals surface area contributed by atoms with E-state index in [1.54, 1.807) is 61.4 Å². The molecular weight excluding hydrogens is 831 g/mol. The lowest BCUT2D eigenvalue weighted by atomic mass is 10.1. The lowest BCUT2D eigenvalue weighted by molar-refractivity contribution is -0.127. The van der Waals surface area contributed by atoms with E-state index in [4.69, 9.17) is 29.8 Å². The number of hydrogen-bond acceptors (Lipinski definition) is 13. The van der Waals surface area contributed by atoms with Crippen LogP contribution in [0.3, 0.4) is 0 Å². The van der Waals surface area contributed by atoms with Gasteiger partial charge in [0.25, 0.3) is 11.8 Å². The number of carbonyl (C=O) groups is 4. The topological polar surface area (TPSA) is 210 Å².